The molecule has 6 heteroatoms. The number of anilines is 2. The zero-order chi connectivity index (χ0) is 17.6. The molecule has 0 unspecified atom stereocenters. The molecule has 0 fully saturated rings. The molecule has 1 aliphatic heterocycles. The van der Waals surface area contributed by atoms with Crippen LogP contribution in [0.25, 0.3) is 0 Å². The molecule has 2 amide bonds. The van der Waals surface area contributed by atoms with Crippen molar-refractivity contribution in [2.75, 3.05) is 22.9 Å². The highest BCUT2D eigenvalue weighted by Crippen LogP contribution is 2.31. The van der Waals surface area contributed by atoms with Crippen LogP contribution >= 0.6 is 11.8 Å². The Kier molecular flexibility index (Phi) is 5.73. The molecule has 0 atom stereocenters. The van der Waals surface area contributed by atoms with Crippen LogP contribution in [0.2, 0.25) is 0 Å². The average molecular weight is 355 g/mol. The van der Waals surface area contributed by atoms with Gasteiger partial charge in [0.1, 0.15) is 0 Å². The third-order valence-electron chi connectivity index (χ3n) is 3.87. The fourth-order valence-corrected chi connectivity index (χ4v) is 3.53. The quantitative estimate of drug-likeness (QED) is 0.768. The summed E-state index contributed by atoms with van der Waals surface area (Å²) in [6, 6.07) is 13.2. The highest BCUT2D eigenvalue weighted by atomic mass is 32.2. The van der Waals surface area contributed by atoms with Crippen molar-refractivity contribution in [2.45, 2.75) is 24.8 Å². The van der Waals surface area contributed by atoms with Crippen LogP contribution in [0.5, 0.6) is 0 Å². The lowest BCUT2D eigenvalue weighted by Gasteiger charge is -2.11. The Morgan fingerprint density at radius 3 is 2.96 bits per heavy atom. The van der Waals surface area contributed by atoms with Gasteiger partial charge in [0.25, 0.3) is 5.91 Å². The molecule has 2 aromatic carbocycles. The van der Waals surface area contributed by atoms with Gasteiger partial charge in [-0.15, -0.1) is 11.8 Å². The lowest BCUT2D eigenvalue weighted by molar-refractivity contribution is -0.115. The lowest BCUT2D eigenvalue weighted by Crippen LogP contribution is -2.15. The van der Waals surface area contributed by atoms with E-state index in [9.17, 15) is 9.59 Å². The number of carbonyl (C=O) groups is 2. The van der Waals surface area contributed by atoms with Gasteiger partial charge in [0.05, 0.1) is 5.69 Å². The van der Waals surface area contributed by atoms with Gasteiger partial charge in [-0.1, -0.05) is 19.1 Å². The first-order valence-corrected chi connectivity index (χ1v) is 9.32. The number of hydrogen-bond acceptors (Lipinski definition) is 4. The van der Waals surface area contributed by atoms with E-state index in [2.05, 4.69) is 22.9 Å². The van der Waals surface area contributed by atoms with Crippen molar-refractivity contribution >= 4 is 35.0 Å². The fourth-order valence-electron chi connectivity index (χ4n) is 2.59. The van der Waals surface area contributed by atoms with Crippen molar-refractivity contribution in [3.63, 3.8) is 0 Å². The molecule has 25 heavy (non-hydrogen) atoms. The zero-order valence-electron chi connectivity index (χ0n) is 14.1. The Balaban J connectivity index is 1.74. The summed E-state index contributed by atoms with van der Waals surface area (Å²) < 4.78 is 0. The average Bonchev–Trinajstić information content (AvgIpc) is 2.80. The summed E-state index contributed by atoms with van der Waals surface area (Å²) in [5.41, 5.74) is 3.11. The van der Waals surface area contributed by atoms with Gasteiger partial charge in [-0.05, 0) is 42.4 Å². The second-order valence-electron chi connectivity index (χ2n) is 5.79. The monoisotopic (exact) mass is 355 g/mol. The molecule has 0 bridgehead atoms. The Labute approximate surface area is 151 Å². The van der Waals surface area contributed by atoms with Crippen LogP contribution in [-0.2, 0) is 11.3 Å². The van der Waals surface area contributed by atoms with Gasteiger partial charge in [-0.2, -0.15) is 0 Å². The minimum Gasteiger partial charge on any atom is -0.325 e. The first-order chi connectivity index (χ1) is 12.2. The Morgan fingerprint density at radius 2 is 2.12 bits per heavy atom. The van der Waals surface area contributed by atoms with Gasteiger partial charge in [0.15, 0.2) is 0 Å². The minimum atomic E-state index is -0.188. The van der Waals surface area contributed by atoms with E-state index in [0.717, 1.165) is 35.0 Å². The topological polar surface area (TPSA) is 70.2 Å². The molecule has 1 heterocycles. The molecule has 0 saturated carbocycles. The van der Waals surface area contributed by atoms with Crippen LogP contribution < -0.4 is 16.0 Å². The number of fused-ring (bicyclic) bond motifs is 1. The predicted octanol–water partition coefficient (Wildman–Crippen LogP) is 3.48. The maximum Gasteiger partial charge on any atom is 0.255 e. The number of carbonyl (C=O) groups excluding carboxylic acids is 2. The molecule has 0 radical (unpaired) electrons. The van der Waals surface area contributed by atoms with Gasteiger partial charge in [-0.25, -0.2) is 0 Å². The number of benzene rings is 2. The van der Waals surface area contributed by atoms with E-state index in [1.54, 1.807) is 23.9 Å². The van der Waals surface area contributed by atoms with E-state index < -0.39 is 0 Å². The van der Waals surface area contributed by atoms with Gasteiger partial charge >= 0.3 is 0 Å². The second kappa shape index (κ2) is 8.18. The van der Waals surface area contributed by atoms with Gasteiger partial charge < -0.3 is 16.0 Å². The molecule has 0 aliphatic carbocycles. The highest BCUT2D eigenvalue weighted by Gasteiger charge is 2.16. The molecule has 5 nitrogen and oxygen atoms in total. The summed E-state index contributed by atoms with van der Waals surface area (Å²) in [5, 5.41) is 9.05. The standard InChI is InChI=1S/C19H21N3O2S/c1-2-20-12-13-4-3-5-15(10-13)21-19(24)14-6-7-17-16(11-14)22-18(23)8-9-25-17/h3-7,10-11,20H,2,8-9,12H2,1H3,(H,21,24)(H,22,23). The molecular formula is C19H21N3O2S. The molecule has 3 N–H and O–H groups in total. The highest BCUT2D eigenvalue weighted by molar-refractivity contribution is 7.99. The first-order valence-electron chi connectivity index (χ1n) is 8.33. The van der Waals surface area contributed by atoms with Crippen LogP contribution in [-0.4, -0.2) is 24.1 Å². The molecule has 2 aromatic rings. The summed E-state index contributed by atoms with van der Waals surface area (Å²) in [4.78, 5) is 25.3. The Bertz CT molecular complexity index is 792. The Hall–Kier alpha value is -2.31. The summed E-state index contributed by atoms with van der Waals surface area (Å²) >= 11 is 1.63. The van der Waals surface area contributed by atoms with Crippen molar-refractivity contribution in [3.8, 4) is 0 Å². The number of rotatable bonds is 5. The molecule has 3 rings (SSSR count). The van der Waals surface area contributed by atoms with E-state index in [1.807, 2.05) is 30.3 Å². The van der Waals surface area contributed by atoms with Gasteiger partial charge in [0, 0.05) is 34.9 Å². The summed E-state index contributed by atoms with van der Waals surface area (Å²) in [6.07, 6.45) is 0.486. The predicted molar refractivity (Wildman–Crippen MR) is 102 cm³/mol. The van der Waals surface area contributed by atoms with E-state index in [0.29, 0.717) is 17.7 Å². The van der Waals surface area contributed by atoms with Crippen molar-refractivity contribution in [2.24, 2.45) is 0 Å². The van der Waals surface area contributed by atoms with Gasteiger partial charge in [-0.3, -0.25) is 9.59 Å². The van der Waals surface area contributed by atoms with Crippen LogP contribution in [0.15, 0.2) is 47.4 Å². The number of nitrogens with one attached hydrogen (secondary N) is 3. The second-order valence-corrected chi connectivity index (χ2v) is 6.93. The minimum absolute atomic E-state index is 0.0140. The first kappa shape index (κ1) is 17.5. The van der Waals surface area contributed by atoms with Crippen molar-refractivity contribution < 1.29 is 9.59 Å². The summed E-state index contributed by atoms with van der Waals surface area (Å²) in [6.45, 7) is 3.72. The smallest absolute Gasteiger partial charge is 0.255 e. The van der Waals surface area contributed by atoms with E-state index in [4.69, 9.17) is 0 Å². The maximum atomic E-state index is 12.5. The largest absolute Gasteiger partial charge is 0.325 e. The molecule has 0 aromatic heterocycles. The molecule has 130 valence electrons. The lowest BCUT2D eigenvalue weighted by atomic mass is 10.1. The number of hydrogen-bond donors (Lipinski definition) is 3. The molecule has 0 spiro atoms. The number of amides is 2. The Morgan fingerprint density at radius 1 is 1.24 bits per heavy atom. The van der Waals surface area contributed by atoms with Crippen LogP contribution in [0.3, 0.4) is 0 Å². The van der Waals surface area contributed by atoms with Crippen molar-refractivity contribution in [3.05, 3.63) is 53.6 Å². The van der Waals surface area contributed by atoms with Crippen molar-refractivity contribution in [1.82, 2.24) is 5.32 Å². The van der Waals surface area contributed by atoms with E-state index in [1.165, 1.54) is 0 Å². The van der Waals surface area contributed by atoms with E-state index >= 15 is 0 Å². The third-order valence-corrected chi connectivity index (χ3v) is 4.94. The SMILES string of the molecule is CCNCc1cccc(NC(=O)c2ccc3c(c2)NC(=O)CCS3)c1. The zero-order valence-corrected chi connectivity index (χ0v) is 14.9. The molecule has 0 saturated heterocycles. The van der Waals surface area contributed by atoms with Crippen LogP contribution in [0.4, 0.5) is 11.4 Å². The summed E-state index contributed by atoms with van der Waals surface area (Å²) in [5.74, 6) is 0.551. The maximum absolute atomic E-state index is 12.5. The van der Waals surface area contributed by atoms with Crippen LogP contribution in [0.1, 0.15) is 29.3 Å². The normalized spacial score (nSPS) is 13.6. The fraction of sp³-hybridized carbons (Fsp3) is 0.263. The third kappa shape index (κ3) is 4.61. The van der Waals surface area contributed by atoms with Crippen LogP contribution in [0, 0.1) is 0 Å². The molecule has 1 aliphatic rings. The number of thioether (sulfide) groups is 1. The van der Waals surface area contributed by atoms with Gasteiger partial charge in [0.2, 0.25) is 5.91 Å². The molecular weight excluding hydrogens is 334 g/mol. The summed E-state index contributed by atoms with van der Waals surface area (Å²) in [7, 11) is 0. The van der Waals surface area contributed by atoms with E-state index in [-0.39, 0.29) is 11.8 Å². The van der Waals surface area contributed by atoms with Crippen molar-refractivity contribution in [1.29, 1.82) is 0 Å².